The van der Waals surface area contributed by atoms with Crippen molar-refractivity contribution in [3.8, 4) is 0 Å². The van der Waals surface area contributed by atoms with Crippen molar-refractivity contribution >= 4 is 16.9 Å². The van der Waals surface area contributed by atoms with Gasteiger partial charge in [-0.05, 0) is 6.07 Å². The van der Waals surface area contributed by atoms with Crippen LogP contribution in [0, 0.1) is 5.95 Å². The average molecular weight is 193 g/mol. The highest BCUT2D eigenvalue weighted by Crippen LogP contribution is 2.21. The van der Waals surface area contributed by atoms with Gasteiger partial charge >= 0.3 is 5.97 Å². The van der Waals surface area contributed by atoms with Crippen LogP contribution in [-0.4, -0.2) is 16.1 Å². The highest BCUT2D eigenvalue weighted by atomic mass is 19.1. The Hall–Kier alpha value is -1.84. The van der Waals surface area contributed by atoms with Crippen molar-refractivity contribution in [3.05, 3.63) is 35.8 Å². The zero-order valence-corrected chi connectivity index (χ0v) is 7.25. The molecule has 0 fully saturated rings. The van der Waals surface area contributed by atoms with Crippen LogP contribution >= 0.6 is 0 Å². The Kier molecular flexibility index (Phi) is 1.96. The van der Waals surface area contributed by atoms with Crippen LogP contribution in [0.2, 0.25) is 0 Å². The molecule has 0 aliphatic rings. The maximum atomic E-state index is 13.2. The summed E-state index contributed by atoms with van der Waals surface area (Å²) in [6.45, 7) is 0. The van der Waals surface area contributed by atoms with E-state index < -0.39 is 11.9 Å². The Morgan fingerprint density at radius 3 is 2.86 bits per heavy atom. The number of aliphatic carboxylic acids is 1. The fourth-order valence-electron chi connectivity index (χ4n) is 1.49. The van der Waals surface area contributed by atoms with Crippen molar-refractivity contribution in [2.75, 3.05) is 0 Å². The molecule has 0 amide bonds. The molecule has 2 rings (SSSR count). The van der Waals surface area contributed by atoms with Gasteiger partial charge in [-0.3, -0.25) is 4.79 Å². The molecule has 1 heterocycles. The Bertz CT molecular complexity index is 490. The SMILES string of the molecule is O=C(O)Cc1c(F)[nH]c2ccccc12. The molecule has 0 bridgehead atoms. The number of halogens is 1. The van der Waals surface area contributed by atoms with Gasteiger partial charge in [-0.25, -0.2) is 0 Å². The minimum atomic E-state index is -1.03. The van der Waals surface area contributed by atoms with E-state index >= 15 is 0 Å². The fourth-order valence-corrected chi connectivity index (χ4v) is 1.49. The number of fused-ring (bicyclic) bond motifs is 1. The first kappa shape index (κ1) is 8.74. The fraction of sp³-hybridized carbons (Fsp3) is 0.100. The molecule has 0 spiro atoms. The Morgan fingerprint density at radius 1 is 1.43 bits per heavy atom. The minimum Gasteiger partial charge on any atom is -0.481 e. The van der Waals surface area contributed by atoms with Crippen molar-refractivity contribution < 1.29 is 14.3 Å². The van der Waals surface area contributed by atoms with E-state index in [0.717, 1.165) is 0 Å². The molecule has 4 heteroatoms. The van der Waals surface area contributed by atoms with Gasteiger partial charge in [0, 0.05) is 16.5 Å². The first-order valence-electron chi connectivity index (χ1n) is 4.15. The number of para-hydroxylation sites is 1. The normalized spacial score (nSPS) is 10.6. The Balaban J connectivity index is 2.62. The smallest absolute Gasteiger partial charge is 0.308 e. The zero-order valence-electron chi connectivity index (χ0n) is 7.25. The molecule has 1 aromatic heterocycles. The summed E-state index contributed by atoms with van der Waals surface area (Å²) in [5, 5.41) is 9.22. The lowest BCUT2D eigenvalue weighted by Gasteiger charge is -1.93. The van der Waals surface area contributed by atoms with Crippen molar-refractivity contribution in [3.63, 3.8) is 0 Å². The quantitative estimate of drug-likeness (QED) is 0.765. The number of rotatable bonds is 2. The van der Waals surface area contributed by atoms with Gasteiger partial charge in [0.1, 0.15) is 0 Å². The summed E-state index contributed by atoms with van der Waals surface area (Å²) in [4.78, 5) is 13.0. The third-order valence-corrected chi connectivity index (χ3v) is 2.09. The van der Waals surface area contributed by atoms with Crippen molar-refractivity contribution in [1.29, 1.82) is 0 Å². The molecule has 0 atom stereocenters. The van der Waals surface area contributed by atoms with E-state index in [9.17, 15) is 9.18 Å². The van der Waals surface area contributed by atoms with Gasteiger partial charge in [0.25, 0.3) is 0 Å². The van der Waals surface area contributed by atoms with E-state index in [0.29, 0.717) is 10.9 Å². The highest BCUT2D eigenvalue weighted by molar-refractivity contribution is 5.87. The van der Waals surface area contributed by atoms with Crippen molar-refractivity contribution in [2.45, 2.75) is 6.42 Å². The lowest BCUT2D eigenvalue weighted by Crippen LogP contribution is -2.00. The number of H-pyrrole nitrogens is 1. The second-order valence-corrected chi connectivity index (χ2v) is 3.03. The molecule has 0 aliphatic carbocycles. The van der Waals surface area contributed by atoms with Crippen molar-refractivity contribution in [2.24, 2.45) is 0 Å². The van der Waals surface area contributed by atoms with Gasteiger partial charge < -0.3 is 10.1 Å². The first-order chi connectivity index (χ1) is 6.68. The van der Waals surface area contributed by atoms with Gasteiger partial charge in [-0.15, -0.1) is 0 Å². The van der Waals surface area contributed by atoms with Crippen LogP contribution in [0.1, 0.15) is 5.56 Å². The van der Waals surface area contributed by atoms with Gasteiger partial charge in [-0.2, -0.15) is 4.39 Å². The molecule has 0 saturated carbocycles. The maximum absolute atomic E-state index is 13.2. The van der Waals surface area contributed by atoms with E-state index in [-0.39, 0.29) is 12.0 Å². The average Bonchev–Trinajstić information content (AvgIpc) is 2.43. The lowest BCUT2D eigenvalue weighted by molar-refractivity contribution is -0.136. The largest absolute Gasteiger partial charge is 0.481 e. The number of hydrogen-bond acceptors (Lipinski definition) is 1. The van der Waals surface area contributed by atoms with Crippen LogP contribution in [0.3, 0.4) is 0 Å². The predicted octanol–water partition coefficient (Wildman–Crippen LogP) is 1.93. The number of carboxylic acid groups (broad SMARTS) is 1. The van der Waals surface area contributed by atoms with E-state index in [1.54, 1.807) is 24.3 Å². The third-order valence-electron chi connectivity index (χ3n) is 2.09. The molecule has 1 aromatic carbocycles. The van der Waals surface area contributed by atoms with Gasteiger partial charge in [0.15, 0.2) is 5.95 Å². The summed E-state index contributed by atoms with van der Waals surface area (Å²) in [6, 6.07) is 6.93. The Morgan fingerprint density at radius 2 is 2.14 bits per heavy atom. The molecular formula is C10H8FNO2. The summed E-state index contributed by atoms with van der Waals surface area (Å²) in [6.07, 6.45) is -0.296. The molecule has 2 N–H and O–H groups in total. The lowest BCUT2D eigenvalue weighted by atomic mass is 10.1. The molecule has 0 unspecified atom stereocenters. The first-order valence-corrected chi connectivity index (χ1v) is 4.15. The van der Waals surface area contributed by atoms with E-state index in [1.807, 2.05) is 0 Å². The van der Waals surface area contributed by atoms with Crippen LogP contribution in [0.4, 0.5) is 4.39 Å². The minimum absolute atomic E-state index is 0.216. The third kappa shape index (κ3) is 1.35. The molecule has 72 valence electrons. The van der Waals surface area contributed by atoms with Crippen LogP contribution < -0.4 is 0 Å². The second-order valence-electron chi connectivity index (χ2n) is 3.03. The van der Waals surface area contributed by atoms with Crippen LogP contribution in [0.15, 0.2) is 24.3 Å². The summed E-state index contributed by atoms with van der Waals surface area (Å²) in [5.74, 6) is -1.60. The summed E-state index contributed by atoms with van der Waals surface area (Å²) >= 11 is 0. The van der Waals surface area contributed by atoms with Crippen molar-refractivity contribution in [1.82, 2.24) is 4.98 Å². The van der Waals surface area contributed by atoms with Gasteiger partial charge in [-0.1, -0.05) is 18.2 Å². The van der Waals surface area contributed by atoms with Crippen LogP contribution in [0.5, 0.6) is 0 Å². The number of hydrogen-bond donors (Lipinski definition) is 2. The molecule has 0 radical (unpaired) electrons. The Labute approximate surface area is 79.2 Å². The summed E-state index contributed by atoms with van der Waals surface area (Å²) in [7, 11) is 0. The molecule has 0 saturated heterocycles. The summed E-state index contributed by atoms with van der Waals surface area (Å²) in [5.41, 5.74) is 0.842. The molecular weight excluding hydrogens is 185 g/mol. The second kappa shape index (κ2) is 3.14. The maximum Gasteiger partial charge on any atom is 0.308 e. The van der Waals surface area contributed by atoms with Gasteiger partial charge in [0.2, 0.25) is 0 Å². The van der Waals surface area contributed by atoms with E-state index in [4.69, 9.17) is 5.11 Å². The van der Waals surface area contributed by atoms with Crippen LogP contribution in [-0.2, 0) is 11.2 Å². The number of carboxylic acids is 1. The number of benzene rings is 1. The van der Waals surface area contributed by atoms with Crippen LogP contribution in [0.25, 0.3) is 10.9 Å². The topological polar surface area (TPSA) is 53.1 Å². The van der Waals surface area contributed by atoms with Gasteiger partial charge in [0.05, 0.1) is 6.42 Å². The molecule has 14 heavy (non-hydrogen) atoms. The standard InChI is InChI=1S/C10H8FNO2/c11-10-7(5-9(13)14)6-3-1-2-4-8(6)12-10/h1-4,12H,5H2,(H,13,14). The monoisotopic (exact) mass is 193 g/mol. The number of nitrogens with one attached hydrogen (secondary N) is 1. The van der Waals surface area contributed by atoms with E-state index in [1.165, 1.54) is 0 Å². The predicted molar refractivity (Wildman–Crippen MR) is 49.6 cm³/mol. The van der Waals surface area contributed by atoms with E-state index in [2.05, 4.69) is 4.98 Å². The number of aromatic amines is 1. The highest BCUT2D eigenvalue weighted by Gasteiger charge is 2.13. The molecule has 2 aromatic rings. The molecule has 0 aliphatic heterocycles. The number of carbonyl (C=O) groups is 1. The zero-order chi connectivity index (χ0) is 10.1. The summed E-state index contributed by atoms with van der Waals surface area (Å²) < 4.78 is 13.2. The molecule has 3 nitrogen and oxygen atoms in total. The number of aromatic nitrogens is 1.